The van der Waals surface area contributed by atoms with Crippen LogP contribution in [0.25, 0.3) is 10.8 Å². The number of rotatable bonds is 8. The molecule has 0 spiro atoms. The third-order valence-electron chi connectivity index (χ3n) is 5.74. The lowest BCUT2D eigenvalue weighted by atomic mass is 9.85. The molecule has 13 heteroatoms. The zero-order valence-corrected chi connectivity index (χ0v) is 19.2. The summed E-state index contributed by atoms with van der Waals surface area (Å²) >= 11 is 6.45. The zero-order chi connectivity index (χ0) is 26.1. The van der Waals surface area contributed by atoms with Gasteiger partial charge in [-0.15, -0.1) is 0 Å². The topological polar surface area (TPSA) is 206 Å². The molecule has 3 rings (SSSR count). The number of aliphatic carboxylic acids is 1. The molecule has 2 aromatic carbocycles. The van der Waals surface area contributed by atoms with Gasteiger partial charge in [0.05, 0.1) is 13.0 Å². The average Bonchev–Trinajstić information content (AvgIpc) is 2.79. The third kappa shape index (κ3) is 5.34. The van der Waals surface area contributed by atoms with Gasteiger partial charge in [0, 0.05) is 17.9 Å². The van der Waals surface area contributed by atoms with Crippen LogP contribution in [0.3, 0.4) is 0 Å². The quantitative estimate of drug-likeness (QED) is 0.162. The van der Waals surface area contributed by atoms with Crippen LogP contribution in [0, 0.1) is 0 Å². The number of alkyl halides is 1. The van der Waals surface area contributed by atoms with Crippen molar-refractivity contribution in [1.82, 2.24) is 5.32 Å². The van der Waals surface area contributed by atoms with Crippen LogP contribution in [0.2, 0.25) is 0 Å². The molecule has 2 aromatic rings. The van der Waals surface area contributed by atoms with Gasteiger partial charge in [0.2, 0.25) is 5.91 Å². The number of carbonyl (C=O) groups is 2. The molecule has 8 N–H and O–H groups in total. The summed E-state index contributed by atoms with van der Waals surface area (Å²) in [5.74, 6) is -8.70. The van der Waals surface area contributed by atoms with Crippen molar-refractivity contribution in [3.05, 3.63) is 42.0 Å². The molecule has 1 amide bonds. The van der Waals surface area contributed by atoms with E-state index in [1.807, 2.05) is 0 Å². The number of aromatic hydroxyl groups is 1. The molecule has 1 fully saturated rings. The number of carboxylic acids is 1. The summed E-state index contributed by atoms with van der Waals surface area (Å²) in [5, 5.41) is 74.4. The predicted octanol–water partition coefficient (Wildman–Crippen LogP) is -0.731. The molecule has 7 atom stereocenters. The van der Waals surface area contributed by atoms with E-state index in [9.17, 15) is 45.3 Å². The van der Waals surface area contributed by atoms with E-state index in [-0.39, 0.29) is 11.3 Å². The molecule has 1 heterocycles. The van der Waals surface area contributed by atoms with Crippen LogP contribution in [0.1, 0.15) is 24.5 Å². The van der Waals surface area contributed by atoms with E-state index in [1.165, 1.54) is 12.1 Å². The smallest absolute Gasteiger partial charge is 0.364 e. The Labute approximate surface area is 203 Å². The number of amides is 1. The lowest BCUT2D eigenvalue weighted by Crippen LogP contribution is -2.73. The second kappa shape index (κ2) is 10.2. The average molecular weight is 516 g/mol. The maximum absolute atomic E-state index is 11.9. The van der Waals surface area contributed by atoms with Crippen molar-refractivity contribution in [3.8, 4) is 5.75 Å². The Morgan fingerprint density at radius 1 is 1.20 bits per heavy atom. The van der Waals surface area contributed by atoms with Crippen LogP contribution in [-0.2, 0) is 19.1 Å². The summed E-state index contributed by atoms with van der Waals surface area (Å²) in [6.07, 6.45) is -7.12. The van der Waals surface area contributed by atoms with Crippen molar-refractivity contribution in [2.75, 3.05) is 6.61 Å². The molecule has 1 aliphatic rings. The van der Waals surface area contributed by atoms with E-state index in [2.05, 4.69) is 5.32 Å². The van der Waals surface area contributed by atoms with Crippen LogP contribution in [0.4, 0.5) is 0 Å². The Morgan fingerprint density at radius 2 is 1.83 bits per heavy atom. The van der Waals surface area contributed by atoms with Crippen molar-refractivity contribution in [2.45, 2.75) is 54.8 Å². The van der Waals surface area contributed by atoms with Gasteiger partial charge in [0.15, 0.2) is 11.4 Å². The number of aliphatic hydroxyl groups excluding tert-OH is 3. The molecule has 0 bridgehead atoms. The number of hydrogen-bond donors (Lipinski definition) is 8. The fraction of sp³-hybridized carbons (Fsp3) is 0.455. The van der Waals surface area contributed by atoms with Crippen LogP contribution >= 0.6 is 11.6 Å². The lowest BCUT2D eigenvalue weighted by Gasteiger charge is -2.50. The Bertz CT molecular complexity index is 1100. The summed E-state index contributed by atoms with van der Waals surface area (Å²) in [5.41, 5.74) is -1.29. The fourth-order valence-electron chi connectivity index (χ4n) is 4.04. The molecule has 1 saturated heterocycles. The van der Waals surface area contributed by atoms with E-state index in [1.54, 1.807) is 24.3 Å². The van der Waals surface area contributed by atoms with Gasteiger partial charge >= 0.3 is 5.97 Å². The molecule has 12 nitrogen and oxygen atoms in total. The molecule has 0 radical (unpaired) electrons. The molecule has 0 aliphatic carbocycles. The first-order chi connectivity index (χ1) is 16.3. The first-order valence-corrected chi connectivity index (χ1v) is 10.9. The van der Waals surface area contributed by atoms with Gasteiger partial charge in [-0.3, -0.25) is 4.79 Å². The van der Waals surface area contributed by atoms with E-state index in [4.69, 9.17) is 21.1 Å². The number of ether oxygens (including phenoxy) is 2. The summed E-state index contributed by atoms with van der Waals surface area (Å²) in [7, 11) is 0. The van der Waals surface area contributed by atoms with Crippen LogP contribution in [0.15, 0.2) is 36.4 Å². The Kier molecular flexibility index (Phi) is 7.89. The second-order valence-electron chi connectivity index (χ2n) is 8.27. The molecule has 35 heavy (non-hydrogen) atoms. The van der Waals surface area contributed by atoms with E-state index >= 15 is 0 Å². The minimum Gasteiger partial charge on any atom is -0.507 e. The number of carbonyl (C=O) groups excluding carboxylic acids is 1. The largest absolute Gasteiger partial charge is 0.507 e. The summed E-state index contributed by atoms with van der Waals surface area (Å²) in [4.78, 5) is 23.7. The number of phenolic OH excluding ortho intramolecular Hbond substituents is 1. The summed E-state index contributed by atoms with van der Waals surface area (Å²) < 4.78 is 10.7. The molecular weight excluding hydrogens is 490 g/mol. The van der Waals surface area contributed by atoms with E-state index in [0.717, 1.165) is 6.92 Å². The van der Waals surface area contributed by atoms with Crippen molar-refractivity contribution in [2.24, 2.45) is 0 Å². The number of hydrogen-bond acceptors (Lipinski definition) is 10. The number of nitrogens with one attached hydrogen (secondary N) is 1. The number of phenols is 1. The van der Waals surface area contributed by atoms with Gasteiger partial charge in [-0.2, -0.15) is 0 Å². The standard InChI is InChI=1S/C22H26ClNO11/c1-10(26)24-18-17(16(29)15(28)8-25)34-22(33,20(30)31)9-21(18,32)35-19(23)13-6-7-14(27)12-5-3-2-4-11(12)13/h2-7,15-19,25,27-29,32-33H,8-9H2,1H3,(H,24,26)(H,30,31)/t15-,16-,17+,18+,19?,21-,22+/m1/s1. The van der Waals surface area contributed by atoms with Crippen molar-refractivity contribution < 1.29 is 54.8 Å². The summed E-state index contributed by atoms with van der Waals surface area (Å²) in [6.45, 7) is 0.0617. The first-order valence-electron chi connectivity index (χ1n) is 10.5. The van der Waals surface area contributed by atoms with Gasteiger partial charge in [-0.25, -0.2) is 4.79 Å². The van der Waals surface area contributed by atoms with Crippen molar-refractivity contribution in [1.29, 1.82) is 0 Å². The van der Waals surface area contributed by atoms with Gasteiger partial charge in [0.25, 0.3) is 5.79 Å². The number of fused-ring (bicyclic) bond motifs is 1. The molecular formula is C22H26ClNO11. The highest BCUT2D eigenvalue weighted by Crippen LogP contribution is 2.43. The highest BCUT2D eigenvalue weighted by molar-refractivity contribution is 6.21. The Balaban J connectivity index is 2.08. The number of aliphatic hydroxyl groups is 5. The van der Waals surface area contributed by atoms with Crippen molar-refractivity contribution in [3.63, 3.8) is 0 Å². The van der Waals surface area contributed by atoms with E-state index in [0.29, 0.717) is 10.8 Å². The Morgan fingerprint density at radius 3 is 2.40 bits per heavy atom. The first kappa shape index (κ1) is 27.0. The van der Waals surface area contributed by atoms with E-state index < -0.39 is 66.4 Å². The Hall–Kier alpha value is -2.55. The van der Waals surface area contributed by atoms with Gasteiger partial charge in [-0.1, -0.05) is 41.9 Å². The third-order valence-corrected chi connectivity index (χ3v) is 6.06. The number of halogens is 1. The van der Waals surface area contributed by atoms with Crippen molar-refractivity contribution >= 4 is 34.2 Å². The fourth-order valence-corrected chi connectivity index (χ4v) is 4.39. The highest BCUT2D eigenvalue weighted by Gasteiger charge is 2.62. The SMILES string of the molecule is CC(=O)N[C@H]1[C@H]([C@H](O)[C@H](O)CO)O[C@](O)(C(=O)O)C[C@@]1(O)OC(Cl)c1ccc(O)c2ccccc12. The highest BCUT2D eigenvalue weighted by atomic mass is 35.5. The molecule has 192 valence electrons. The number of benzene rings is 2. The second-order valence-corrected chi connectivity index (χ2v) is 8.66. The predicted molar refractivity (Wildman–Crippen MR) is 119 cm³/mol. The van der Waals surface area contributed by atoms with Crippen LogP contribution < -0.4 is 5.32 Å². The molecule has 0 saturated carbocycles. The molecule has 1 aliphatic heterocycles. The molecule has 1 unspecified atom stereocenters. The lowest BCUT2D eigenvalue weighted by molar-refractivity contribution is -0.365. The summed E-state index contributed by atoms with van der Waals surface area (Å²) in [6, 6.07) is 7.50. The maximum atomic E-state index is 11.9. The van der Waals surface area contributed by atoms with Gasteiger partial charge < -0.3 is 50.5 Å². The monoisotopic (exact) mass is 515 g/mol. The van der Waals surface area contributed by atoms with Crippen LogP contribution in [-0.4, -0.2) is 90.2 Å². The van der Waals surface area contributed by atoms with Crippen LogP contribution in [0.5, 0.6) is 5.75 Å². The minimum atomic E-state index is -3.14. The minimum absolute atomic E-state index is 0.0597. The molecule has 0 aromatic heterocycles. The normalized spacial score (nSPS) is 29.3. The van der Waals surface area contributed by atoms with Gasteiger partial charge in [0.1, 0.15) is 30.1 Å². The zero-order valence-electron chi connectivity index (χ0n) is 18.4. The van der Waals surface area contributed by atoms with Gasteiger partial charge in [-0.05, 0) is 11.5 Å². The number of carboxylic acid groups (broad SMARTS) is 1. The maximum Gasteiger partial charge on any atom is 0.364 e.